The number of unbranched alkanes of at least 4 members (excludes halogenated alkanes) is 1. The lowest BCUT2D eigenvalue weighted by atomic mass is 9.84. The number of aliphatic hydroxyl groups excluding tert-OH is 1. The lowest BCUT2D eigenvalue weighted by Gasteiger charge is -2.21. The molecule has 1 fully saturated rings. The van der Waals surface area contributed by atoms with Gasteiger partial charge in [0.2, 0.25) is 0 Å². The summed E-state index contributed by atoms with van der Waals surface area (Å²) in [5.74, 6) is 0.543. The third-order valence-electron chi connectivity index (χ3n) is 6.73. The third-order valence-corrected chi connectivity index (χ3v) is 6.73. The average molecular weight is 405 g/mol. The van der Waals surface area contributed by atoms with Gasteiger partial charge in [-0.25, -0.2) is 0 Å². The molecule has 5 atom stereocenters. The predicted octanol–water partition coefficient (Wildman–Crippen LogP) is 5.70. The minimum absolute atomic E-state index is 0.200. The number of fused-ring (bicyclic) bond motifs is 1. The van der Waals surface area contributed by atoms with Crippen molar-refractivity contribution < 1.29 is 19.8 Å². The summed E-state index contributed by atoms with van der Waals surface area (Å²) in [6, 6.07) is 0. The van der Waals surface area contributed by atoms with Crippen molar-refractivity contribution in [3.8, 4) is 0 Å². The summed E-state index contributed by atoms with van der Waals surface area (Å²) in [6.45, 7) is 6.52. The van der Waals surface area contributed by atoms with Gasteiger partial charge in [-0.3, -0.25) is 9.59 Å². The molecule has 2 aliphatic carbocycles. The van der Waals surface area contributed by atoms with Crippen molar-refractivity contribution in [2.45, 2.75) is 97.5 Å². The van der Waals surface area contributed by atoms with Gasteiger partial charge < -0.3 is 10.2 Å². The zero-order valence-corrected chi connectivity index (χ0v) is 18.5. The summed E-state index contributed by atoms with van der Waals surface area (Å²) >= 11 is 0. The Morgan fingerprint density at radius 3 is 2.62 bits per heavy atom. The number of ketones is 1. The van der Waals surface area contributed by atoms with Crippen LogP contribution >= 0.6 is 0 Å². The van der Waals surface area contributed by atoms with Crippen molar-refractivity contribution in [3.05, 3.63) is 23.3 Å². The molecule has 0 aromatic carbocycles. The van der Waals surface area contributed by atoms with Crippen LogP contribution in [-0.2, 0) is 9.59 Å². The number of hydrogen-bond donors (Lipinski definition) is 2. The molecule has 0 aliphatic heterocycles. The molecule has 0 aromatic rings. The second-order valence-electron chi connectivity index (χ2n) is 9.61. The van der Waals surface area contributed by atoms with Gasteiger partial charge in [0.1, 0.15) is 5.78 Å². The van der Waals surface area contributed by atoms with Crippen molar-refractivity contribution in [3.63, 3.8) is 0 Å². The van der Waals surface area contributed by atoms with E-state index in [-0.39, 0.29) is 24.0 Å². The molecule has 0 unspecified atom stereocenters. The number of carboxylic acid groups (broad SMARTS) is 1. The largest absolute Gasteiger partial charge is 0.481 e. The van der Waals surface area contributed by atoms with Crippen LogP contribution in [0, 0.1) is 23.7 Å². The summed E-state index contributed by atoms with van der Waals surface area (Å²) in [4.78, 5) is 23.5. The summed E-state index contributed by atoms with van der Waals surface area (Å²) in [5.41, 5.74) is 2.73. The number of hydrogen-bond acceptors (Lipinski definition) is 3. The number of carbonyl (C=O) groups is 2. The first kappa shape index (κ1) is 23.9. The number of Topliss-reactive ketones (excluding diaryl/α,β-unsaturated/α-hetero) is 1. The molecule has 29 heavy (non-hydrogen) atoms. The monoisotopic (exact) mass is 404 g/mol. The van der Waals surface area contributed by atoms with Crippen molar-refractivity contribution >= 4 is 11.8 Å². The number of carbonyl (C=O) groups excluding carboxylic acids is 1. The maximum Gasteiger partial charge on any atom is 0.303 e. The first-order valence-corrected chi connectivity index (χ1v) is 11.5. The van der Waals surface area contributed by atoms with Crippen LogP contribution < -0.4 is 0 Å². The van der Waals surface area contributed by atoms with Gasteiger partial charge in [-0.15, -0.1) is 0 Å². The van der Waals surface area contributed by atoms with Gasteiger partial charge in [-0.1, -0.05) is 36.6 Å². The highest BCUT2D eigenvalue weighted by Crippen LogP contribution is 2.48. The van der Waals surface area contributed by atoms with Crippen LogP contribution in [0.25, 0.3) is 0 Å². The summed E-state index contributed by atoms with van der Waals surface area (Å²) < 4.78 is 0. The smallest absolute Gasteiger partial charge is 0.303 e. The van der Waals surface area contributed by atoms with Crippen LogP contribution in [0.3, 0.4) is 0 Å². The molecule has 2 rings (SSSR count). The van der Waals surface area contributed by atoms with Crippen molar-refractivity contribution in [2.24, 2.45) is 23.7 Å². The molecule has 0 radical (unpaired) electrons. The first-order chi connectivity index (χ1) is 13.8. The van der Waals surface area contributed by atoms with Crippen LogP contribution in [-0.4, -0.2) is 28.1 Å². The van der Waals surface area contributed by atoms with E-state index >= 15 is 0 Å². The molecule has 4 heteroatoms. The van der Waals surface area contributed by atoms with E-state index in [9.17, 15) is 14.7 Å². The van der Waals surface area contributed by atoms with Gasteiger partial charge in [-0.05, 0) is 83.0 Å². The van der Waals surface area contributed by atoms with Crippen LogP contribution in [0.2, 0.25) is 0 Å². The van der Waals surface area contributed by atoms with Gasteiger partial charge in [0, 0.05) is 18.8 Å². The normalized spacial score (nSPS) is 26.7. The van der Waals surface area contributed by atoms with Crippen LogP contribution in [0.4, 0.5) is 0 Å². The fraction of sp³-hybridized carbons (Fsp3) is 0.760. The fourth-order valence-electron chi connectivity index (χ4n) is 5.15. The highest BCUT2D eigenvalue weighted by molar-refractivity contribution is 5.82. The SMILES string of the molecule is CC(C)=CCC[C@@H](C)CCCC(=O)[C@H]1[C@@H]2CC(CCCCC(=O)O)=C[C@@H]2C[C@@H]1O. The molecule has 0 saturated heterocycles. The molecule has 164 valence electrons. The molecule has 0 amide bonds. The Bertz CT molecular complexity index is 614. The molecule has 0 heterocycles. The van der Waals surface area contributed by atoms with E-state index in [0.29, 0.717) is 31.1 Å². The minimum Gasteiger partial charge on any atom is -0.481 e. The molecule has 2 aliphatic rings. The minimum atomic E-state index is -0.734. The molecule has 0 bridgehead atoms. The third kappa shape index (κ3) is 7.73. The van der Waals surface area contributed by atoms with E-state index in [2.05, 4.69) is 32.9 Å². The lowest BCUT2D eigenvalue weighted by Crippen LogP contribution is -2.28. The van der Waals surface area contributed by atoms with Gasteiger partial charge in [0.15, 0.2) is 0 Å². The molecule has 0 spiro atoms. The second kappa shape index (κ2) is 11.7. The Balaban J connectivity index is 1.73. The number of allylic oxidation sites excluding steroid dienone is 4. The zero-order chi connectivity index (χ0) is 21.4. The van der Waals surface area contributed by atoms with Crippen molar-refractivity contribution in [1.29, 1.82) is 0 Å². The standard InChI is InChI=1S/C25H40O4/c1-17(2)8-6-9-18(3)10-7-12-22(26)25-21-15-19(11-4-5-13-24(28)29)14-20(21)16-23(25)27/h8,14,18,20-21,23,25,27H,4-7,9-13,15-16H2,1-3H3,(H,28,29)/t18-,20-,21-,23+,25-/m1/s1. The first-order valence-electron chi connectivity index (χ1n) is 11.5. The Hall–Kier alpha value is -1.42. The highest BCUT2D eigenvalue weighted by atomic mass is 16.4. The van der Waals surface area contributed by atoms with Gasteiger partial charge in [0.25, 0.3) is 0 Å². The van der Waals surface area contributed by atoms with E-state index in [4.69, 9.17) is 5.11 Å². The van der Waals surface area contributed by atoms with Crippen molar-refractivity contribution in [2.75, 3.05) is 0 Å². The molecular formula is C25H40O4. The maximum atomic E-state index is 12.9. The summed E-state index contributed by atoms with van der Waals surface area (Å²) in [5, 5.41) is 19.2. The fourth-order valence-corrected chi connectivity index (χ4v) is 5.15. The van der Waals surface area contributed by atoms with Gasteiger partial charge in [0.05, 0.1) is 6.10 Å². The Morgan fingerprint density at radius 2 is 1.93 bits per heavy atom. The molecule has 2 N–H and O–H groups in total. The number of rotatable bonds is 13. The lowest BCUT2D eigenvalue weighted by molar-refractivity contribution is -0.137. The number of carboxylic acids is 1. The van der Waals surface area contributed by atoms with Crippen LogP contribution in [0.15, 0.2) is 23.3 Å². The second-order valence-corrected chi connectivity index (χ2v) is 9.61. The maximum absolute atomic E-state index is 12.9. The van der Waals surface area contributed by atoms with E-state index in [1.54, 1.807) is 0 Å². The van der Waals surface area contributed by atoms with Gasteiger partial charge >= 0.3 is 5.97 Å². The highest BCUT2D eigenvalue weighted by Gasteiger charge is 2.47. The Kier molecular flexibility index (Phi) is 9.61. The number of aliphatic hydroxyl groups is 1. The molecule has 1 saturated carbocycles. The molecule has 4 nitrogen and oxygen atoms in total. The Labute approximate surface area is 176 Å². The zero-order valence-electron chi connectivity index (χ0n) is 18.5. The van der Waals surface area contributed by atoms with Gasteiger partial charge in [-0.2, -0.15) is 0 Å². The van der Waals surface area contributed by atoms with Crippen LogP contribution in [0.1, 0.15) is 91.4 Å². The van der Waals surface area contributed by atoms with Crippen molar-refractivity contribution in [1.82, 2.24) is 0 Å². The average Bonchev–Trinajstić information content (AvgIpc) is 3.13. The topological polar surface area (TPSA) is 74.6 Å². The Morgan fingerprint density at radius 1 is 1.17 bits per heavy atom. The summed E-state index contributed by atoms with van der Waals surface area (Å²) in [7, 11) is 0. The predicted molar refractivity (Wildman–Crippen MR) is 117 cm³/mol. The molecule has 0 aromatic heterocycles. The molecular weight excluding hydrogens is 364 g/mol. The van der Waals surface area contributed by atoms with E-state index < -0.39 is 12.1 Å². The number of aliphatic carboxylic acids is 1. The van der Waals surface area contributed by atoms with Crippen LogP contribution in [0.5, 0.6) is 0 Å². The van der Waals surface area contributed by atoms with E-state index in [0.717, 1.165) is 38.5 Å². The quantitative estimate of drug-likeness (QED) is 0.305. The summed E-state index contributed by atoms with van der Waals surface area (Å²) in [6.07, 6.45) is 13.3. The van der Waals surface area contributed by atoms with E-state index in [1.165, 1.54) is 17.6 Å². The van der Waals surface area contributed by atoms with E-state index in [1.807, 2.05) is 0 Å².